The highest BCUT2D eigenvalue weighted by atomic mass is 15.1. The summed E-state index contributed by atoms with van der Waals surface area (Å²) in [6, 6.07) is 17.3. The second-order valence-electron chi connectivity index (χ2n) is 13.7. The molecular formula is C50H35N. The lowest BCUT2D eigenvalue weighted by Gasteiger charge is -2.32. The Hall–Kier alpha value is -6.18. The van der Waals surface area contributed by atoms with Gasteiger partial charge >= 0.3 is 0 Å². The topological polar surface area (TPSA) is 3.24 Å². The first-order valence-corrected chi connectivity index (χ1v) is 16.8. The van der Waals surface area contributed by atoms with Gasteiger partial charge in [0.1, 0.15) is 0 Å². The molecule has 0 atom stereocenters. The summed E-state index contributed by atoms with van der Waals surface area (Å²) in [7, 11) is 0. The van der Waals surface area contributed by atoms with Gasteiger partial charge < -0.3 is 4.90 Å². The Balaban J connectivity index is 1.35. The predicted molar refractivity (Wildman–Crippen MR) is 212 cm³/mol. The zero-order valence-corrected chi connectivity index (χ0v) is 27.5. The number of rotatable bonds is 3. The van der Waals surface area contributed by atoms with Crippen molar-refractivity contribution in [3.05, 3.63) is 209 Å². The third kappa shape index (κ3) is 3.71. The maximum absolute atomic E-state index is 10.6. The van der Waals surface area contributed by atoms with E-state index in [0.717, 1.165) is 33.0 Å². The fourth-order valence-corrected chi connectivity index (χ4v) is 8.63. The van der Waals surface area contributed by atoms with Crippen LogP contribution in [0.25, 0.3) is 44.2 Å². The number of nitrogens with zero attached hydrogens (tertiary/aromatic N) is 1. The summed E-state index contributed by atoms with van der Waals surface area (Å²) in [6.07, 6.45) is 0. The first kappa shape index (κ1) is 17.7. The van der Waals surface area contributed by atoms with E-state index in [1.165, 1.54) is 0 Å². The van der Waals surface area contributed by atoms with Crippen molar-refractivity contribution in [2.75, 3.05) is 4.90 Å². The van der Waals surface area contributed by atoms with Crippen LogP contribution < -0.4 is 4.90 Å². The van der Waals surface area contributed by atoms with Crippen molar-refractivity contribution < 1.29 is 20.6 Å². The van der Waals surface area contributed by atoms with Crippen LogP contribution in [-0.2, 0) is 10.8 Å². The van der Waals surface area contributed by atoms with Gasteiger partial charge in [0.2, 0.25) is 0 Å². The molecule has 11 rings (SSSR count). The highest BCUT2D eigenvalue weighted by molar-refractivity contribution is 5.97. The molecule has 0 unspecified atom stereocenters. The number of fused-ring (bicyclic) bond motifs is 14. The number of hydrogen-bond acceptors (Lipinski definition) is 1. The molecule has 0 saturated heterocycles. The van der Waals surface area contributed by atoms with E-state index in [-0.39, 0.29) is 50.2 Å². The average molecular weight is 665 g/mol. The largest absolute Gasteiger partial charge is 0.310 e. The summed E-state index contributed by atoms with van der Waals surface area (Å²) < 4.78 is 140. The molecule has 8 aromatic carbocycles. The van der Waals surface area contributed by atoms with Crippen molar-refractivity contribution >= 4 is 27.8 Å². The lowest BCUT2D eigenvalue weighted by molar-refractivity contribution is 0.660. The van der Waals surface area contributed by atoms with Crippen molar-refractivity contribution in [3.8, 4) is 33.4 Å². The van der Waals surface area contributed by atoms with Gasteiger partial charge in [-0.3, -0.25) is 0 Å². The molecule has 1 nitrogen and oxygen atoms in total. The van der Waals surface area contributed by atoms with Crippen LogP contribution in [0.15, 0.2) is 176 Å². The van der Waals surface area contributed by atoms with Crippen LogP contribution >= 0.6 is 0 Å². The van der Waals surface area contributed by atoms with Gasteiger partial charge in [0, 0.05) is 22.5 Å². The molecule has 8 aromatic rings. The summed E-state index contributed by atoms with van der Waals surface area (Å²) >= 11 is 0. The number of hydrogen-bond donors (Lipinski definition) is 0. The van der Waals surface area contributed by atoms with E-state index in [0.29, 0.717) is 11.4 Å². The molecule has 0 aromatic heterocycles. The molecule has 0 aliphatic heterocycles. The van der Waals surface area contributed by atoms with E-state index < -0.39 is 101 Å². The van der Waals surface area contributed by atoms with Gasteiger partial charge in [-0.1, -0.05) is 153 Å². The monoisotopic (exact) mass is 664 g/mol. The van der Waals surface area contributed by atoms with E-state index >= 15 is 0 Å². The standard InChI is InChI=1S/C50H35N/c1-49(2)43-19-9-5-15-37(43)41-27-25-35(30-47(41)49)51(34-24-23-32-13-3-4-14-33(32)29-34)36-26-28-42-40-18-8-12-22-46(40)50(48(42)31-36)44-20-10-6-16-38(44)39-17-7-11-21-45(39)50/h3-31H,1-2H3/i6D,7D,8D,10D,11D,12D,16D,17D,18D,20D,21D,22D,26D,28D,31D. The van der Waals surface area contributed by atoms with E-state index in [9.17, 15) is 12.3 Å². The van der Waals surface area contributed by atoms with Crippen molar-refractivity contribution in [2.45, 2.75) is 24.7 Å². The Morgan fingerprint density at radius 2 is 0.961 bits per heavy atom. The molecule has 3 aliphatic carbocycles. The van der Waals surface area contributed by atoms with Crippen LogP contribution in [-0.4, -0.2) is 0 Å². The molecule has 0 amide bonds. The van der Waals surface area contributed by atoms with Gasteiger partial charge in [-0.25, -0.2) is 0 Å². The first-order chi connectivity index (χ1) is 31.3. The Kier molecular flexibility index (Phi) is 3.53. The van der Waals surface area contributed by atoms with Gasteiger partial charge in [-0.2, -0.15) is 0 Å². The summed E-state index contributed by atoms with van der Waals surface area (Å²) in [5.41, 5.74) is -0.532. The summed E-state index contributed by atoms with van der Waals surface area (Å²) in [6.45, 7) is 4.23. The minimum Gasteiger partial charge on any atom is -0.310 e. The molecule has 0 heterocycles. The van der Waals surface area contributed by atoms with Gasteiger partial charge in [0.15, 0.2) is 0 Å². The average Bonchev–Trinajstić information content (AvgIpc) is 3.89. The minimum atomic E-state index is -2.45. The quantitative estimate of drug-likeness (QED) is 0.182. The first-order valence-electron chi connectivity index (χ1n) is 24.3. The fourth-order valence-electron chi connectivity index (χ4n) is 8.63. The lowest BCUT2D eigenvalue weighted by atomic mass is 9.70. The maximum atomic E-state index is 10.6. The highest BCUT2D eigenvalue weighted by Crippen LogP contribution is 2.63. The second-order valence-corrected chi connectivity index (χ2v) is 13.7. The normalized spacial score (nSPS) is 18.9. The fraction of sp³-hybridized carbons (Fsp3) is 0.0800. The molecule has 1 heteroatoms. The number of benzene rings is 8. The lowest BCUT2D eigenvalue weighted by Crippen LogP contribution is -2.26. The zero-order chi connectivity index (χ0) is 47.0. The summed E-state index contributed by atoms with van der Waals surface area (Å²) in [5.74, 6) is 0. The summed E-state index contributed by atoms with van der Waals surface area (Å²) in [5, 5.41) is 1.72. The van der Waals surface area contributed by atoms with Crippen LogP contribution in [0.2, 0.25) is 0 Å². The third-order valence-electron chi connectivity index (χ3n) is 10.9. The second kappa shape index (κ2) is 10.2. The predicted octanol–water partition coefficient (Wildman–Crippen LogP) is 13.0. The highest BCUT2D eigenvalue weighted by Gasteiger charge is 2.51. The Morgan fingerprint density at radius 1 is 0.412 bits per heavy atom. The SMILES string of the molecule is [2H]c1c([2H])c([2H])c2c(c1[2H])-c1c([2H])c([2H])c([2H])c([2H])c1C21c2c([2H])c([2H])c([2H])c([2H])c2-c2c([2H])c([2H])c(N(c3ccc4c(c3)C(C)(C)c3ccccc3-4)c3ccc4ccccc4c3)c([2H])c21. The van der Waals surface area contributed by atoms with Crippen LogP contribution in [0.3, 0.4) is 0 Å². The molecule has 3 aliphatic rings. The smallest absolute Gasteiger partial charge is 0.0726 e. The summed E-state index contributed by atoms with van der Waals surface area (Å²) in [4.78, 5) is 1.68. The van der Waals surface area contributed by atoms with Crippen molar-refractivity contribution in [1.29, 1.82) is 0 Å². The van der Waals surface area contributed by atoms with E-state index in [1.54, 1.807) is 4.90 Å². The number of anilines is 3. The van der Waals surface area contributed by atoms with E-state index in [1.807, 2.05) is 72.8 Å². The molecule has 1 spiro atoms. The van der Waals surface area contributed by atoms with Crippen LogP contribution in [0.5, 0.6) is 0 Å². The van der Waals surface area contributed by atoms with E-state index in [4.69, 9.17) is 8.22 Å². The van der Waals surface area contributed by atoms with Gasteiger partial charge in [-0.05, 0) is 114 Å². The molecule has 0 fully saturated rings. The Morgan fingerprint density at radius 3 is 1.67 bits per heavy atom. The molecule has 51 heavy (non-hydrogen) atoms. The van der Waals surface area contributed by atoms with E-state index in [2.05, 4.69) is 26.0 Å². The molecule has 0 saturated carbocycles. The molecule has 240 valence electrons. The van der Waals surface area contributed by atoms with Crippen LogP contribution in [0, 0.1) is 0 Å². The minimum absolute atomic E-state index is 0.165. The Bertz CT molecular complexity index is 3500. The third-order valence-corrected chi connectivity index (χ3v) is 10.9. The molecule has 0 N–H and O–H groups in total. The van der Waals surface area contributed by atoms with Gasteiger partial charge in [0.25, 0.3) is 0 Å². The maximum Gasteiger partial charge on any atom is 0.0726 e. The van der Waals surface area contributed by atoms with Crippen molar-refractivity contribution in [3.63, 3.8) is 0 Å². The van der Waals surface area contributed by atoms with Crippen LogP contribution in [0.1, 0.15) is 67.8 Å². The molecule has 0 radical (unpaired) electrons. The van der Waals surface area contributed by atoms with Crippen molar-refractivity contribution in [1.82, 2.24) is 0 Å². The van der Waals surface area contributed by atoms with Crippen molar-refractivity contribution in [2.24, 2.45) is 0 Å². The zero-order valence-electron chi connectivity index (χ0n) is 42.5. The molecular weight excluding hydrogens is 615 g/mol. The van der Waals surface area contributed by atoms with Gasteiger partial charge in [-0.15, -0.1) is 0 Å². The van der Waals surface area contributed by atoms with Crippen LogP contribution in [0.4, 0.5) is 17.1 Å². The molecule has 0 bridgehead atoms. The van der Waals surface area contributed by atoms with Gasteiger partial charge in [0.05, 0.1) is 26.0 Å². The Labute approximate surface area is 320 Å².